The average molecular weight is 349 g/mol. The first kappa shape index (κ1) is 15.4. The lowest BCUT2D eigenvalue weighted by Gasteiger charge is -2.26. The Labute approximate surface area is 132 Å². The van der Waals surface area contributed by atoms with Crippen molar-refractivity contribution in [3.8, 4) is 5.75 Å². The van der Waals surface area contributed by atoms with Gasteiger partial charge in [-0.2, -0.15) is 0 Å². The third-order valence-corrected chi connectivity index (χ3v) is 3.98. The van der Waals surface area contributed by atoms with Crippen LogP contribution in [0.25, 0.3) is 0 Å². The number of phenolic OH excluding ortho intramolecular Hbond substituents is 1. The van der Waals surface area contributed by atoms with Gasteiger partial charge in [-0.1, -0.05) is 28.1 Å². The second kappa shape index (κ2) is 6.18. The maximum Gasteiger partial charge on any atom is 0.257 e. The average Bonchev–Trinajstić information content (AvgIpc) is 2.45. The van der Waals surface area contributed by atoms with Gasteiger partial charge in [-0.25, -0.2) is 0 Å². The second-order valence-electron chi connectivity index (χ2n) is 4.92. The van der Waals surface area contributed by atoms with Crippen molar-refractivity contribution in [1.82, 2.24) is 4.90 Å². The molecule has 0 bridgehead atoms. The zero-order chi connectivity index (χ0) is 15.6. The quantitative estimate of drug-likeness (QED) is 0.833. The summed E-state index contributed by atoms with van der Waals surface area (Å²) in [6, 6.07) is 12.1. The number of phenols is 1. The van der Waals surface area contributed by atoms with E-state index in [4.69, 9.17) is 5.73 Å². The van der Waals surface area contributed by atoms with Crippen LogP contribution in [0.5, 0.6) is 5.75 Å². The van der Waals surface area contributed by atoms with Crippen LogP contribution in [0.15, 0.2) is 46.9 Å². The van der Waals surface area contributed by atoms with Gasteiger partial charge < -0.3 is 15.7 Å². The van der Waals surface area contributed by atoms with E-state index in [9.17, 15) is 9.90 Å². The summed E-state index contributed by atoms with van der Waals surface area (Å²) in [6.07, 6.45) is 0. The molecule has 0 fully saturated rings. The van der Waals surface area contributed by atoms with E-state index in [1.165, 1.54) is 6.07 Å². The summed E-state index contributed by atoms with van der Waals surface area (Å²) in [4.78, 5) is 14.1. The molecule has 0 spiro atoms. The highest BCUT2D eigenvalue weighted by atomic mass is 79.9. The Morgan fingerprint density at radius 3 is 2.62 bits per heavy atom. The number of amides is 1. The van der Waals surface area contributed by atoms with Gasteiger partial charge in [0.2, 0.25) is 0 Å². The molecule has 0 radical (unpaired) electrons. The van der Waals surface area contributed by atoms with Gasteiger partial charge in [0, 0.05) is 17.2 Å². The molecule has 5 heteroatoms. The largest absolute Gasteiger partial charge is 0.507 e. The first-order valence-electron chi connectivity index (χ1n) is 6.51. The highest BCUT2D eigenvalue weighted by Gasteiger charge is 2.21. The van der Waals surface area contributed by atoms with Crippen LogP contribution in [0.1, 0.15) is 28.9 Å². The number of hydrogen-bond donors (Lipinski definition) is 2. The first-order valence-corrected chi connectivity index (χ1v) is 7.30. The summed E-state index contributed by atoms with van der Waals surface area (Å²) in [5.41, 5.74) is 7.66. The number of benzene rings is 2. The van der Waals surface area contributed by atoms with Crippen LogP contribution in [0, 0.1) is 0 Å². The minimum atomic E-state index is -0.241. The minimum Gasteiger partial charge on any atom is -0.507 e. The highest BCUT2D eigenvalue weighted by molar-refractivity contribution is 9.10. The number of nitrogens with zero attached hydrogens (tertiary/aromatic N) is 1. The summed E-state index contributed by atoms with van der Waals surface area (Å²) in [5.74, 6) is -0.282. The third kappa shape index (κ3) is 3.36. The number of nitrogen functional groups attached to an aromatic ring is 1. The molecule has 3 N–H and O–H groups in total. The Kier molecular flexibility index (Phi) is 4.53. The number of aromatic hydroxyl groups is 1. The van der Waals surface area contributed by atoms with Crippen LogP contribution in [0.3, 0.4) is 0 Å². The number of carbonyl (C=O) groups excluding carboxylic acids is 1. The van der Waals surface area contributed by atoms with Crippen LogP contribution in [0.2, 0.25) is 0 Å². The van der Waals surface area contributed by atoms with Crippen molar-refractivity contribution in [2.45, 2.75) is 13.0 Å². The topological polar surface area (TPSA) is 66.6 Å². The lowest BCUT2D eigenvalue weighted by molar-refractivity contribution is 0.0739. The Morgan fingerprint density at radius 1 is 1.29 bits per heavy atom. The van der Waals surface area contributed by atoms with Gasteiger partial charge in [-0.15, -0.1) is 0 Å². The van der Waals surface area contributed by atoms with Gasteiger partial charge in [0.05, 0.1) is 11.6 Å². The van der Waals surface area contributed by atoms with Crippen LogP contribution < -0.4 is 5.73 Å². The van der Waals surface area contributed by atoms with E-state index < -0.39 is 0 Å². The van der Waals surface area contributed by atoms with Crippen molar-refractivity contribution in [2.24, 2.45) is 0 Å². The van der Waals surface area contributed by atoms with Crippen LogP contribution in [-0.4, -0.2) is 23.0 Å². The summed E-state index contributed by atoms with van der Waals surface area (Å²) in [7, 11) is 1.71. The number of hydrogen-bond acceptors (Lipinski definition) is 3. The van der Waals surface area contributed by atoms with Crippen molar-refractivity contribution in [2.75, 3.05) is 12.8 Å². The standard InChI is InChI=1S/C16H17BrN2O2/c1-10(11-4-3-5-13(18)8-11)19(2)16(21)14-7-6-12(17)9-15(14)20/h3-10,20H,18H2,1-2H3. The maximum absolute atomic E-state index is 12.5. The monoisotopic (exact) mass is 348 g/mol. The molecule has 21 heavy (non-hydrogen) atoms. The van der Waals surface area contributed by atoms with E-state index in [0.717, 1.165) is 10.0 Å². The molecule has 1 unspecified atom stereocenters. The Morgan fingerprint density at radius 2 is 2.00 bits per heavy atom. The Balaban J connectivity index is 2.26. The molecule has 4 nitrogen and oxygen atoms in total. The van der Waals surface area contributed by atoms with E-state index in [2.05, 4.69) is 15.9 Å². The van der Waals surface area contributed by atoms with E-state index in [0.29, 0.717) is 5.69 Å². The molecule has 1 amide bonds. The molecule has 0 aromatic heterocycles. The van der Waals surface area contributed by atoms with E-state index in [1.807, 2.05) is 25.1 Å². The van der Waals surface area contributed by atoms with Gasteiger partial charge in [0.15, 0.2) is 0 Å². The van der Waals surface area contributed by atoms with Crippen molar-refractivity contribution < 1.29 is 9.90 Å². The number of halogens is 1. The van der Waals surface area contributed by atoms with Gasteiger partial charge in [0.1, 0.15) is 5.75 Å². The summed E-state index contributed by atoms with van der Waals surface area (Å²) in [6.45, 7) is 1.92. The third-order valence-electron chi connectivity index (χ3n) is 3.48. The molecule has 0 saturated carbocycles. The molecule has 0 heterocycles. The van der Waals surface area contributed by atoms with Crippen LogP contribution in [-0.2, 0) is 0 Å². The van der Waals surface area contributed by atoms with Crippen molar-refractivity contribution >= 4 is 27.5 Å². The van der Waals surface area contributed by atoms with Crippen molar-refractivity contribution in [3.05, 3.63) is 58.1 Å². The lowest BCUT2D eigenvalue weighted by Crippen LogP contribution is -2.29. The molecule has 110 valence electrons. The maximum atomic E-state index is 12.5. The Hall–Kier alpha value is -2.01. The molecular weight excluding hydrogens is 332 g/mol. The molecule has 0 saturated heterocycles. The second-order valence-corrected chi connectivity index (χ2v) is 5.84. The summed E-state index contributed by atoms with van der Waals surface area (Å²) in [5, 5.41) is 9.91. The van der Waals surface area contributed by atoms with E-state index in [-0.39, 0.29) is 23.3 Å². The van der Waals surface area contributed by atoms with Crippen LogP contribution >= 0.6 is 15.9 Å². The van der Waals surface area contributed by atoms with Crippen molar-refractivity contribution in [1.29, 1.82) is 0 Å². The molecule has 2 aromatic rings. The molecule has 0 aliphatic rings. The lowest BCUT2D eigenvalue weighted by atomic mass is 10.1. The Bertz CT molecular complexity index is 673. The predicted molar refractivity (Wildman–Crippen MR) is 87.2 cm³/mol. The number of anilines is 1. The predicted octanol–water partition coefficient (Wildman–Crippen LogP) is 3.57. The molecule has 2 aromatic carbocycles. The summed E-state index contributed by atoms with van der Waals surface area (Å²) >= 11 is 3.26. The van der Waals surface area contributed by atoms with Crippen LogP contribution in [0.4, 0.5) is 5.69 Å². The van der Waals surface area contributed by atoms with Gasteiger partial charge in [-0.3, -0.25) is 4.79 Å². The molecule has 0 aliphatic carbocycles. The van der Waals surface area contributed by atoms with Gasteiger partial charge in [-0.05, 0) is 42.8 Å². The van der Waals surface area contributed by atoms with E-state index >= 15 is 0 Å². The molecule has 1 atom stereocenters. The minimum absolute atomic E-state index is 0.0407. The summed E-state index contributed by atoms with van der Waals surface area (Å²) < 4.78 is 0.725. The smallest absolute Gasteiger partial charge is 0.257 e. The highest BCUT2D eigenvalue weighted by Crippen LogP contribution is 2.27. The molecule has 2 rings (SSSR count). The number of nitrogens with two attached hydrogens (primary N) is 1. The van der Waals surface area contributed by atoms with Crippen molar-refractivity contribution in [3.63, 3.8) is 0 Å². The zero-order valence-corrected chi connectivity index (χ0v) is 13.5. The fourth-order valence-corrected chi connectivity index (χ4v) is 2.44. The fraction of sp³-hybridized carbons (Fsp3) is 0.188. The number of rotatable bonds is 3. The number of carbonyl (C=O) groups is 1. The molecular formula is C16H17BrN2O2. The van der Waals surface area contributed by atoms with Gasteiger partial charge >= 0.3 is 0 Å². The normalized spacial score (nSPS) is 12.0. The first-order chi connectivity index (χ1) is 9.90. The zero-order valence-electron chi connectivity index (χ0n) is 11.9. The van der Waals surface area contributed by atoms with E-state index in [1.54, 1.807) is 30.1 Å². The van der Waals surface area contributed by atoms with Gasteiger partial charge in [0.25, 0.3) is 5.91 Å². The fourth-order valence-electron chi connectivity index (χ4n) is 2.09. The SMILES string of the molecule is CC(c1cccc(N)c1)N(C)C(=O)c1ccc(Br)cc1O. The molecule has 0 aliphatic heterocycles.